The van der Waals surface area contributed by atoms with Crippen molar-refractivity contribution >= 4 is 35.6 Å². The summed E-state index contributed by atoms with van der Waals surface area (Å²) in [5.74, 6) is -5.16. The van der Waals surface area contributed by atoms with Gasteiger partial charge in [-0.05, 0) is 49.0 Å². The van der Waals surface area contributed by atoms with Crippen LogP contribution in [0.15, 0.2) is 30.3 Å². The SMILES string of the molecule is CCCCCC1OC(=O)[C@H]([C@@H](C)CC)N(C)C(=O)[C@@H]2CCCN2C(=O)[C@H](C(C)C)OC(=O)[C@H](Cc2ccccc2)N(C)C(=O)[C@H](C(C)C)NC(=O)C1C. The predicted octanol–water partition coefficient (Wildman–Crippen LogP) is 4.77. The maximum Gasteiger partial charge on any atom is 0.329 e. The monoisotopic (exact) mass is 740 g/mol. The van der Waals surface area contributed by atoms with Crippen LogP contribution in [0, 0.1) is 23.7 Å². The molecule has 2 saturated heterocycles. The van der Waals surface area contributed by atoms with Crippen molar-refractivity contribution < 1.29 is 38.2 Å². The molecule has 8 atom stereocenters. The number of nitrogens with one attached hydrogen (secondary N) is 1. The topological polar surface area (TPSA) is 143 Å². The first kappa shape index (κ1) is 43.4. The summed E-state index contributed by atoms with van der Waals surface area (Å²) in [7, 11) is 3.07. The lowest BCUT2D eigenvalue weighted by atomic mass is 9.94. The minimum atomic E-state index is -1.23. The summed E-state index contributed by atoms with van der Waals surface area (Å²) in [4.78, 5) is 89.4. The second-order valence-electron chi connectivity index (χ2n) is 15.7. The molecule has 0 aromatic heterocycles. The molecular formula is C41H64N4O8. The molecule has 2 aliphatic rings. The van der Waals surface area contributed by atoms with Gasteiger partial charge in [-0.25, -0.2) is 9.59 Å². The van der Waals surface area contributed by atoms with Crippen molar-refractivity contribution in [2.24, 2.45) is 23.7 Å². The standard InChI is InChI=1S/C41H64N4O8/c1-11-13-15-22-32-28(8)36(46)42-33(25(3)4)38(48)43(9)31(24-29-19-16-14-17-20-29)40(50)53-35(26(5)6)39(49)45-23-18-21-30(45)37(47)44(10)34(27(7)12-2)41(51)52-32/h14,16-17,19-20,25-28,30-35H,11-13,15,18,21-24H2,1-10H3,(H,42,46)/t27-,28?,30-,31-,32?,33-,34-,35-/m0/s1. The van der Waals surface area contributed by atoms with Crippen LogP contribution in [0.2, 0.25) is 0 Å². The lowest BCUT2D eigenvalue weighted by Crippen LogP contribution is -2.57. The summed E-state index contributed by atoms with van der Waals surface area (Å²) in [6.45, 7) is 15.0. The van der Waals surface area contributed by atoms with Gasteiger partial charge in [-0.3, -0.25) is 19.2 Å². The van der Waals surface area contributed by atoms with Gasteiger partial charge in [0.1, 0.15) is 30.3 Å². The molecule has 0 saturated carbocycles. The molecule has 1 N–H and O–H groups in total. The van der Waals surface area contributed by atoms with Gasteiger partial charge < -0.3 is 29.5 Å². The smallest absolute Gasteiger partial charge is 0.329 e. The van der Waals surface area contributed by atoms with Gasteiger partial charge in [0.25, 0.3) is 5.91 Å². The molecule has 1 aromatic carbocycles. The molecule has 296 valence electrons. The molecule has 0 spiro atoms. The maximum atomic E-state index is 14.3. The normalized spacial score (nSPS) is 27.9. The van der Waals surface area contributed by atoms with Gasteiger partial charge in [-0.15, -0.1) is 0 Å². The van der Waals surface area contributed by atoms with Crippen LogP contribution >= 0.6 is 0 Å². The van der Waals surface area contributed by atoms with Crippen molar-refractivity contribution in [1.29, 1.82) is 0 Å². The van der Waals surface area contributed by atoms with Gasteiger partial charge in [0.05, 0.1) is 5.92 Å². The Kier molecular flexibility index (Phi) is 16.3. The molecule has 3 rings (SSSR count). The summed E-state index contributed by atoms with van der Waals surface area (Å²) in [6.07, 6.45) is 2.51. The summed E-state index contributed by atoms with van der Waals surface area (Å²) in [6, 6.07) is 5.24. The molecule has 2 aliphatic heterocycles. The molecule has 0 aliphatic carbocycles. The molecule has 0 radical (unpaired) electrons. The number of amides is 4. The lowest BCUT2D eigenvalue weighted by Gasteiger charge is -2.37. The number of fused-ring (bicyclic) bond motifs is 1. The molecular weight excluding hydrogens is 676 g/mol. The second-order valence-corrected chi connectivity index (χ2v) is 15.7. The Labute approximate surface area is 316 Å². The fraction of sp³-hybridized carbons (Fsp3) is 0.707. The van der Waals surface area contributed by atoms with E-state index in [0.29, 0.717) is 32.1 Å². The Balaban J connectivity index is 2.18. The molecule has 4 amide bonds. The van der Waals surface area contributed by atoms with Gasteiger partial charge >= 0.3 is 11.9 Å². The van der Waals surface area contributed by atoms with Crippen LogP contribution in [0.3, 0.4) is 0 Å². The zero-order chi connectivity index (χ0) is 39.6. The quantitative estimate of drug-likeness (QED) is 0.267. The number of hydrogen-bond donors (Lipinski definition) is 1. The van der Waals surface area contributed by atoms with Crippen molar-refractivity contribution in [3.05, 3.63) is 35.9 Å². The molecule has 2 fully saturated rings. The number of likely N-dealkylation sites (N-methyl/N-ethyl adjacent to an activating group) is 2. The predicted molar refractivity (Wildman–Crippen MR) is 202 cm³/mol. The van der Waals surface area contributed by atoms with E-state index in [2.05, 4.69) is 12.2 Å². The summed E-state index contributed by atoms with van der Waals surface area (Å²) >= 11 is 0. The highest BCUT2D eigenvalue weighted by Crippen LogP contribution is 2.28. The third kappa shape index (κ3) is 10.8. The second kappa shape index (κ2) is 19.9. The van der Waals surface area contributed by atoms with Crippen LogP contribution in [0.1, 0.15) is 106 Å². The van der Waals surface area contributed by atoms with Crippen molar-refractivity contribution in [3.63, 3.8) is 0 Å². The van der Waals surface area contributed by atoms with Crippen LogP contribution in [0.4, 0.5) is 0 Å². The van der Waals surface area contributed by atoms with Crippen LogP contribution < -0.4 is 5.32 Å². The number of carbonyl (C=O) groups is 6. The summed E-state index contributed by atoms with van der Waals surface area (Å²) in [5.41, 5.74) is 0.777. The number of esters is 2. The first-order valence-corrected chi connectivity index (χ1v) is 19.6. The Morgan fingerprint density at radius 2 is 1.47 bits per heavy atom. The largest absolute Gasteiger partial charge is 0.460 e. The van der Waals surface area contributed by atoms with Crippen molar-refractivity contribution in [3.8, 4) is 0 Å². The number of ether oxygens (including phenoxy) is 2. The fourth-order valence-corrected chi connectivity index (χ4v) is 7.27. The van der Waals surface area contributed by atoms with E-state index in [1.807, 2.05) is 58.0 Å². The first-order chi connectivity index (χ1) is 25.0. The van der Waals surface area contributed by atoms with Gasteiger partial charge in [-0.1, -0.05) is 105 Å². The Hall–Kier alpha value is -3.96. The number of nitrogens with zero attached hydrogens (tertiary/aromatic N) is 3. The molecule has 2 unspecified atom stereocenters. The molecule has 2 heterocycles. The van der Waals surface area contributed by atoms with Crippen molar-refractivity contribution in [1.82, 2.24) is 20.0 Å². The number of rotatable bonds is 10. The Morgan fingerprint density at radius 3 is 2.06 bits per heavy atom. The van der Waals surface area contributed by atoms with E-state index in [1.165, 1.54) is 21.7 Å². The van der Waals surface area contributed by atoms with Crippen LogP contribution in [-0.4, -0.2) is 107 Å². The minimum absolute atomic E-state index is 0.109. The van der Waals surface area contributed by atoms with E-state index < -0.39 is 83.8 Å². The zero-order valence-corrected chi connectivity index (χ0v) is 33.6. The average Bonchev–Trinajstić information content (AvgIpc) is 3.63. The van der Waals surface area contributed by atoms with Gasteiger partial charge in [-0.2, -0.15) is 0 Å². The highest BCUT2D eigenvalue weighted by Gasteiger charge is 2.45. The number of carbonyl (C=O) groups excluding carboxylic acids is 6. The van der Waals surface area contributed by atoms with E-state index in [1.54, 1.807) is 27.8 Å². The number of benzene rings is 1. The van der Waals surface area contributed by atoms with E-state index >= 15 is 0 Å². The third-order valence-corrected chi connectivity index (χ3v) is 11.0. The fourth-order valence-electron chi connectivity index (χ4n) is 7.27. The molecule has 1 aromatic rings. The number of cyclic esters (lactones) is 2. The lowest BCUT2D eigenvalue weighted by molar-refractivity contribution is -0.171. The van der Waals surface area contributed by atoms with E-state index in [9.17, 15) is 28.8 Å². The molecule has 53 heavy (non-hydrogen) atoms. The van der Waals surface area contributed by atoms with Gasteiger partial charge in [0, 0.05) is 27.1 Å². The highest BCUT2D eigenvalue weighted by molar-refractivity contribution is 5.95. The van der Waals surface area contributed by atoms with Crippen LogP contribution in [0.25, 0.3) is 0 Å². The maximum absolute atomic E-state index is 14.3. The Bertz CT molecular complexity index is 1420. The van der Waals surface area contributed by atoms with Crippen LogP contribution in [-0.2, 0) is 44.7 Å². The van der Waals surface area contributed by atoms with Crippen molar-refractivity contribution in [2.75, 3.05) is 20.6 Å². The van der Waals surface area contributed by atoms with E-state index in [0.717, 1.165) is 18.4 Å². The minimum Gasteiger partial charge on any atom is -0.460 e. The zero-order valence-electron chi connectivity index (χ0n) is 33.6. The van der Waals surface area contributed by atoms with E-state index in [4.69, 9.17) is 9.47 Å². The van der Waals surface area contributed by atoms with Crippen LogP contribution in [0.5, 0.6) is 0 Å². The van der Waals surface area contributed by atoms with Gasteiger partial charge in [0.2, 0.25) is 17.7 Å². The molecule has 0 bridgehead atoms. The average molecular weight is 741 g/mol. The summed E-state index contributed by atoms with van der Waals surface area (Å²) in [5, 5.41) is 2.92. The Morgan fingerprint density at radius 1 is 0.811 bits per heavy atom. The molecule has 12 heteroatoms. The third-order valence-electron chi connectivity index (χ3n) is 11.0. The highest BCUT2D eigenvalue weighted by atomic mass is 16.6. The van der Waals surface area contributed by atoms with Crippen molar-refractivity contribution in [2.45, 2.75) is 143 Å². The molecule has 12 nitrogen and oxygen atoms in total. The van der Waals surface area contributed by atoms with Gasteiger partial charge in [0.15, 0.2) is 6.10 Å². The summed E-state index contributed by atoms with van der Waals surface area (Å²) < 4.78 is 12.2. The number of hydrogen-bond acceptors (Lipinski definition) is 8. The first-order valence-electron chi connectivity index (χ1n) is 19.6. The number of unbranched alkanes of at least 4 members (excludes halogenated alkanes) is 2. The van der Waals surface area contributed by atoms with E-state index in [-0.39, 0.29) is 24.8 Å².